The van der Waals surface area contributed by atoms with Gasteiger partial charge >= 0.3 is 0 Å². The minimum Gasteiger partial charge on any atom is -0.322 e. The van der Waals surface area contributed by atoms with Gasteiger partial charge in [0.05, 0.1) is 0 Å². The first-order valence-corrected chi connectivity index (χ1v) is 5.60. The summed E-state index contributed by atoms with van der Waals surface area (Å²) in [7, 11) is 0. The molecule has 0 aliphatic rings. The Morgan fingerprint density at radius 3 is 2.53 bits per heavy atom. The largest absolute Gasteiger partial charge is 0.322 e. The van der Waals surface area contributed by atoms with E-state index < -0.39 is 0 Å². The van der Waals surface area contributed by atoms with E-state index in [1.165, 1.54) is 0 Å². The van der Waals surface area contributed by atoms with Crippen molar-refractivity contribution in [3.05, 3.63) is 54.1 Å². The lowest BCUT2D eigenvalue weighted by molar-refractivity contribution is -0.111. The number of carbonyl (C=O) groups is 1. The molecule has 0 atom stereocenters. The molecule has 2 heteroatoms. The highest BCUT2D eigenvalue weighted by Crippen LogP contribution is 2.22. The molecule has 0 aliphatic carbocycles. The zero-order valence-electron chi connectivity index (χ0n) is 10.0. The van der Waals surface area contributed by atoms with Crippen LogP contribution < -0.4 is 5.32 Å². The first-order valence-electron chi connectivity index (χ1n) is 5.60. The zero-order valence-corrected chi connectivity index (χ0v) is 10.0. The van der Waals surface area contributed by atoms with Crippen molar-refractivity contribution in [1.82, 2.24) is 0 Å². The Hall–Kier alpha value is -2.09. The third-order valence-electron chi connectivity index (χ3n) is 2.47. The van der Waals surface area contributed by atoms with Crippen LogP contribution in [0.2, 0.25) is 0 Å². The monoisotopic (exact) mass is 225 g/mol. The molecular formula is C15H15NO. The first-order chi connectivity index (χ1) is 8.16. The molecule has 86 valence electrons. The summed E-state index contributed by atoms with van der Waals surface area (Å²) in [4.78, 5) is 11.7. The summed E-state index contributed by atoms with van der Waals surface area (Å²) in [5, 5.41) is 5.09. The average Bonchev–Trinajstić information content (AvgIpc) is 2.28. The lowest BCUT2D eigenvalue weighted by Gasteiger charge is -2.06. The summed E-state index contributed by atoms with van der Waals surface area (Å²) in [5.74, 6) is -0.0821. The van der Waals surface area contributed by atoms with Gasteiger partial charge in [-0.3, -0.25) is 4.79 Å². The fourth-order valence-electron chi connectivity index (χ4n) is 1.77. The molecule has 0 unspecified atom stereocenters. The van der Waals surface area contributed by atoms with Crippen LogP contribution in [0.1, 0.15) is 13.8 Å². The molecule has 17 heavy (non-hydrogen) atoms. The Bertz CT molecular complexity index is 575. The third kappa shape index (κ3) is 2.72. The van der Waals surface area contributed by atoms with Gasteiger partial charge in [-0.2, -0.15) is 0 Å². The lowest BCUT2D eigenvalue weighted by Crippen LogP contribution is -2.08. The Morgan fingerprint density at radius 2 is 1.76 bits per heavy atom. The van der Waals surface area contributed by atoms with Crippen LogP contribution in [-0.2, 0) is 4.79 Å². The van der Waals surface area contributed by atoms with Gasteiger partial charge in [0.15, 0.2) is 0 Å². The van der Waals surface area contributed by atoms with Crippen LogP contribution in [0.3, 0.4) is 0 Å². The topological polar surface area (TPSA) is 29.1 Å². The van der Waals surface area contributed by atoms with E-state index in [1.807, 2.05) is 56.3 Å². The molecule has 0 aliphatic heterocycles. The van der Waals surface area contributed by atoms with Crippen LogP contribution in [0.25, 0.3) is 10.8 Å². The summed E-state index contributed by atoms with van der Waals surface area (Å²) in [6.07, 6.45) is 1.60. The summed E-state index contributed by atoms with van der Waals surface area (Å²) in [6.45, 7) is 3.81. The molecular weight excluding hydrogens is 210 g/mol. The van der Waals surface area contributed by atoms with E-state index in [0.717, 1.165) is 22.0 Å². The van der Waals surface area contributed by atoms with E-state index in [-0.39, 0.29) is 5.91 Å². The molecule has 1 amide bonds. The summed E-state index contributed by atoms with van der Waals surface area (Å²) in [6, 6.07) is 13.9. The molecule has 0 fully saturated rings. The van der Waals surface area contributed by atoms with Crippen molar-refractivity contribution in [3.8, 4) is 0 Å². The maximum atomic E-state index is 11.7. The normalized spacial score (nSPS) is 10.0. The molecule has 0 bridgehead atoms. The first kappa shape index (κ1) is 11.4. The van der Waals surface area contributed by atoms with Crippen LogP contribution in [0, 0.1) is 0 Å². The van der Waals surface area contributed by atoms with Gasteiger partial charge in [-0.1, -0.05) is 42.0 Å². The van der Waals surface area contributed by atoms with Crippen LogP contribution in [0.15, 0.2) is 54.1 Å². The van der Waals surface area contributed by atoms with Crippen LogP contribution in [0.4, 0.5) is 5.69 Å². The maximum absolute atomic E-state index is 11.7. The standard InChI is InChI=1S/C15H15NO/c1-11(2)10-15(17)16-14-9-5-7-12-6-3-4-8-13(12)14/h3-10H,1-2H3,(H,16,17). The SMILES string of the molecule is CC(C)=CC(=O)Nc1cccc2ccccc12. The van der Waals surface area contributed by atoms with Crippen LogP contribution in [0.5, 0.6) is 0 Å². The maximum Gasteiger partial charge on any atom is 0.248 e. The number of fused-ring (bicyclic) bond motifs is 1. The predicted octanol–water partition coefficient (Wildman–Crippen LogP) is 3.74. The van der Waals surface area contributed by atoms with Crippen molar-refractivity contribution >= 4 is 22.4 Å². The Morgan fingerprint density at radius 1 is 1.06 bits per heavy atom. The number of allylic oxidation sites excluding steroid dienone is 1. The molecule has 0 radical (unpaired) electrons. The van der Waals surface area contributed by atoms with Gasteiger partial charge in [-0.25, -0.2) is 0 Å². The van der Waals surface area contributed by atoms with Crippen molar-refractivity contribution in [1.29, 1.82) is 0 Å². The van der Waals surface area contributed by atoms with Crippen molar-refractivity contribution in [3.63, 3.8) is 0 Å². The molecule has 2 aromatic carbocycles. The van der Waals surface area contributed by atoms with E-state index in [1.54, 1.807) is 6.08 Å². The highest BCUT2D eigenvalue weighted by atomic mass is 16.1. The Kier molecular flexibility index (Phi) is 3.24. The van der Waals surface area contributed by atoms with Crippen LogP contribution >= 0.6 is 0 Å². The lowest BCUT2D eigenvalue weighted by atomic mass is 10.1. The minimum atomic E-state index is -0.0821. The predicted molar refractivity (Wildman–Crippen MR) is 72.0 cm³/mol. The Balaban J connectivity index is 2.36. The van der Waals surface area contributed by atoms with E-state index in [0.29, 0.717) is 0 Å². The fourth-order valence-corrected chi connectivity index (χ4v) is 1.77. The summed E-state index contributed by atoms with van der Waals surface area (Å²) >= 11 is 0. The van der Waals surface area contributed by atoms with Gasteiger partial charge in [0.25, 0.3) is 0 Å². The van der Waals surface area contributed by atoms with E-state index in [4.69, 9.17) is 0 Å². The second-order valence-corrected chi connectivity index (χ2v) is 4.24. The number of hydrogen-bond acceptors (Lipinski definition) is 1. The molecule has 0 saturated carbocycles. The van der Waals surface area contributed by atoms with Crippen LogP contribution in [-0.4, -0.2) is 5.91 Å². The van der Waals surface area contributed by atoms with Gasteiger partial charge in [0.1, 0.15) is 0 Å². The summed E-state index contributed by atoms with van der Waals surface area (Å²) < 4.78 is 0. The van der Waals surface area contributed by atoms with Gasteiger partial charge in [-0.05, 0) is 25.3 Å². The zero-order chi connectivity index (χ0) is 12.3. The van der Waals surface area contributed by atoms with Crippen molar-refractivity contribution in [2.45, 2.75) is 13.8 Å². The third-order valence-corrected chi connectivity index (χ3v) is 2.47. The second kappa shape index (κ2) is 4.83. The number of hydrogen-bond donors (Lipinski definition) is 1. The quantitative estimate of drug-likeness (QED) is 0.775. The molecule has 0 saturated heterocycles. The average molecular weight is 225 g/mol. The molecule has 2 rings (SSSR count). The Labute approximate surface area is 101 Å². The highest BCUT2D eigenvalue weighted by Gasteiger charge is 2.02. The molecule has 0 aromatic heterocycles. The number of carbonyl (C=O) groups excluding carboxylic acids is 1. The number of amides is 1. The van der Waals surface area contributed by atoms with Crippen molar-refractivity contribution < 1.29 is 4.79 Å². The van der Waals surface area contributed by atoms with Crippen molar-refractivity contribution in [2.75, 3.05) is 5.32 Å². The number of nitrogens with one attached hydrogen (secondary N) is 1. The minimum absolute atomic E-state index is 0.0821. The fraction of sp³-hybridized carbons (Fsp3) is 0.133. The smallest absolute Gasteiger partial charge is 0.248 e. The molecule has 2 aromatic rings. The second-order valence-electron chi connectivity index (χ2n) is 4.24. The summed E-state index contributed by atoms with van der Waals surface area (Å²) in [5.41, 5.74) is 1.84. The molecule has 2 nitrogen and oxygen atoms in total. The van der Waals surface area contributed by atoms with Gasteiger partial charge in [0.2, 0.25) is 5.91 Å². The molecule has 0 heterocycles. The van der Waals surface area contributed by atoms with Crippen molar-refractivity contribution in [2.24, 2.45) is 0 Å². The number of benzene rings is 2. The van der Waals surface area contributed by atoms with Gasteiger partial charge in [0, 0.05) is 17.1 Å². The number of rotatable bonds is 2. The van der Waals surface area contributed by atoms with Gasteiger partial charge in [-0.15, -0.1) is 0 Å². The molecule has 0 spiro atoms. The van der Waals surface area contributed by atoms with E-state index in [2.05, 4.69) is 5.32 Å². The number of anilines is 1. The van der Waals surface area contributed by atoms with E-state index >= 15 is 0 Å². The molecule has 1 N–H and O–H groups in total. The van der Waals surface area contributed by atoms with Gasteiger partial charge < -0.3 is 5.32 Å². The highest BCUT2D eigenvalue weighted by molar-refractivity contribution is 6.06. The van der Waals surface area contributed by atoms with E-state index in [9.17, 15) is 4.79 Å².